The fourth-order valence-electron chi connectivity index (χ4n) is 3.02. The molecule has 2 atom stereocenters. The van der Waals surface area contributed by atoms with Gasteiger partial charge < -0.3 is 15.0 Å². The van der Waals surface area contributed by atoms with Gasteiger partial charge in [0.25, 0.3) is 0 Å². The predicted molar refractivity (Wildman–Crippen MR) is 86.2 cm³/mol. The standard InChI is InChI=1S/C16H23BrN2O/c1-11(2)18-8-12-3-4-13(7-16(12)17)19-9-14-5-6-15(10-19)20-14/h3-4,7,11,14-15,18H,5-6,8-10H2,1-2H3. The second-order valence-electron chi connectivity index (χ2n) is 6.17. The van der Waals surface area contributed by atoms with Gasteiger partial charge in [-0.25, -0.2) is 0 Å². The van der Waals surface area contributed by atoms with Crippen molar-refractivity contribution < 1.29 is 4.74 Å². The van der Waals surface area contributed by atoms with Gasteiger partial charge in [-0.15, -0.1) is 0 Å². The maximum absolute atomic E-state index is 5.90. The van der Waals surface area contributed by atoms with E-state index < -0.39 is 0 Å². The Balaban J connectivity index is 1.70. The topological polar surface area (TPSA) is 24.5 Å². The van der Waals surface area contributed by atoms with E-state index in [4.69, 9.17) is 4.74 Å². The molecule has 1 aromatic carbocycles. The van der Waals surface area contributed by atoms with Crippen molar-refractivity contribution in [1.29, 1.82) is 0 Å². The van der Waals surface area contributed by atoms with Gasteiger partial charge in [-0.1, -0.05) is 35.8 Å². The minimum Gasteiger partial charge on any atom is -0.371 e. The molecule has 2 saturated heterocycles. The maximum Gasteiger partial charge on any atom is 0.0755 e. The summed E-state index contributed by atoms with van der Waals surface area (Å²) in [5.74, 6) is 0. The van der Waals surface area contributed by atoms with Crippen LogP contribution in [0.3, 0.4) is 0 Å². The van der Waals surface area contributed by atoms with Gasteiger partial charge >= 0.3 is 0 Å². The molecule has 2 unspecified atom stereocenters. The van der Waals surface area contributed by atoms with E-state index in [2.05, 4.69) is 58.2 Å². The number of nitrogens with zero attached hydrogens (tertiary/aromatic N) is 1. The Morgan fingerprint density at radius 1 is 1.30 bits per heavy atom. The highest BCUT2D eigenvalue weighted by atomic mass is 79.9. The number of anilines is 1. The molecule has 1 aromatic rings. The third-order valence-electron chi connectivity index (χ3n) is 4.15. The molecule has 0 amide bonds. The normalized spacial score (nSPS) is 25.5. The van der Waals surface area contributed by atoms with Crippen molar-refractivity contribution >= 4 is 21.6 Å². The van der Waals surface area contributed by atoms with Gasteiger partial charge in [-0.2, -0.15) is 0 Å². The van der Waals surface area contributed by atoms with E-state index in [9.17, 15) is 0 Å². The fourth-order valence-corrected chi connectivity index (χ4v) is 3.52. The average Bonchev–Trinajstić information content (AvgIpc) is 2.76. The van der Waals surface area contributed by atoms with Crippen molar-refractivity contribution in [2.24, 2.45) is 0 Å². The zero-order valence-electron chi connectivity index (χ0n) is 12.2. The SMILES string of the molecule is CC(C)NCc1ccc(N2CC3CCC(C2)O3)cc1Br. The van der Waals surface area contributed by atoms with Gasteiger partial charge in [-0.05, 0) is 30.5 Å². The van der Waals surface area contributed by atoms with E-state index in [1.54, 1.807) is 0 Å². The van der Waals surface area contributed by atoms with Crippen LogP contribution in [0.2, 0.25) is 0 Å². The maximum atomic E-state index is 5.90. The number of hydrogen-bond donors (Lipinski definition) is 1. The van der Waals surface area contributed by atoms with Crippen LogP contribution in [0.1, 0.15) is 32.3 Å². The second-order valence-corrected chi connectivity index (χ2v) is 7.03. The van der Waals surface area contributed by atoms with Crippen LogP contribution in [0.5, 0.6) is 0 Å². The molecular weight excluding hydrogens is 316 g/mol. The third kappa shape index (κ3) is 3.18. The second kappa shape index (κ2) is 6.04. The van der Waals surface area contributed by atoms with Crippen LogP contribution < -0.4 is 10.2 Å². The molecule has 0 spiro atoms. The third-order valence-corrected chi connectivity index (χ3v) is 4.88. The first-order valence-electron chi connectivity index (χ1n) is 7.54. The summed E-state index contributed by atoms with van der Waals surface area (Å²) in [6, 6.07) is 7.23. The molecule has 3 nitrogen and oxygen atoms in total. The molecule has 1 N–H and O–H groups in total. The molecule has 4 heteroatoms. The minimum atomic E-state index is 0.440. The Morgan fingerprint density at radius 3 is 2.60 bits per heavy atom. The quantitative estimate of drug-likeness (QED) is 0.911. The van der Waals surface area contributed by atoms with Crippen LogP contribution in [0.4, 0.5) is 5.69 Å². The molecule has 2 bridgehead atoms. The van der Waals surface area contributed by atoms with Gasteiger partial charge in [0, 0.05) is 35.8 Å². The highest BCUT2D eigenvalue weighted by Gasteiger charge is 2.33. The number of hydrogen-bond acceptors (Lipinski definition) is 3. The number of nitrogens with one attached hydrogen (secondary N) is 1. The summed E-state index contributed by atoms with van der Waals surface area (Å²) in [7, 11) is 0. The molecule has 0 radical (unpaired) electrons. The summed E-state index contributed by atoms with van der Waals surface area (Å²) in [5, 5.41) is 3.46. The van der Waals surface area contributed by atoms with Gasteiger partial charge in [0.15, 0.2) is 0 Å². The van der Waals surface area contributed by atoms with Gasteiger partial charge in [0.05, 0.1) is 12.2 Å². The number of ether oxygens (including phenoxy) is 1. The molecule has 2 aliphatic rings. The Kier molecular flexibility index (Phi) is 4.34. The van der Waals surface area contributed by atoms with Crippen molar-refractivity contribution in [3.05, 3.63) is 28.2 Å². The number of morpholine rings is 1. The van der Waals surface area contributed by atoms with Crippen molar-refractivity contribution in [3.63, 3.8) is 0 Å². The van der Waals surface area contributed by atoms with E-state index in [1.165, 1.54) is 28.6 Å². The molecule has 2 heterocycles. The average molecular weight is 339 g/mol. The molecule has 2 fully saturated rings. The zero-order valence-corrected chi connectivity index (χ0v) is 13.8. The molecule has 110 valence electrons. The Hall–Kier alpha value is -0.580. The summed E-state index contributed by atoms with van der Waals surface area (Å²) in [6.45, 7) is 7.32. The number of benzene rings is 1. The lowest BCUT2D eigenvalue weighted by Crippen LogP contribution is -2.42. The molecule has 0 saturated carbocycles. The van der Waals surface area contributed by atoms with Crippen molar-refractivity contribution in [2.45, 2.75) is 51.5 Å². The summed E-state index contributed by atoms with van der Waals surface area (Å²) in [5.41, 5.74) is 2.63. The van der Waals surface area contributed by atoms with E-state index in [0.717, 1.165) is 19.6 Å². The largest absolute Gasteiger partial charge is 0.371 e. The van der Waals surface area contributed by atoms with E-state index >= 15 is 0 Å². The molecule has 0 aromatic heterocycles. The summed E-state index contributed by atoms with van der Waals surface area (Å²) >= 11 is 3.71. The van der Waals surface area contributed by atoms with Crippen LogP contribution in [0.25, 0.3) is 0 Å². The lowest BCUT2D eigenvalue weighted by atomic mass is 10.1. The molecule has 20 heavy (non-hydrogen) atoms. The first-order chi connectivity index (χ1) is 9.61. The highest BCUT2D eigenvalue weighted by Crippen LogP contribution is 2.31. The summed E-state index contributed by atoms with van der Waals surface area (Å²) < 4.78 is 7.10. The first kappa shape index (κ1) is 14.4. The monoisotopic (exact) mass is 338 g/mol. The molecular formula is C16H23BrN2O. The van der Waals surface area contributed by atoms with Crippen molar-refractivity contribution in [3.8, 4) is 0 Å². The van der Waals surface area contributed by atoms with Gasteiger partial charge in [0.2, 0.25) is 0 Å². The van der Waals surface area contributed by atoms with Crippen molar-refractivity contribution in [2.75, 3.05) is 18.0 Å². The van der Waals surface area contributed by atoms with E-state index in [0.29, 0.717) is 18.2 Å². The number of halogens is 1. The number of rotatable bonds is 4. The first-order valence-corrected chi connectivity index (χ1v) is 8.33. The van der Waals surface area contributed by atoms with Crippen molar-refractivity contribution in [1.82, 2.24) is 5.32 Å². The van der Waals surface area contributed by atoms with Gasteiger partial charge in [0.1, 0.15) is 0 Å². The number of fused-ring (bicyclic) bond motifs is 2. The van der Waals surface area contributed by atoms with Crippen LogP contribution in [0.15, 0.2) is 22.7 Å². The Bertz CT molecular complexity index is 466. The van der Waals surface area contributed by atoms with Crippen LogP contribution in [0, 0.1) is 0 Å². The van der Waals surface area contributed by atoms with Crippen LogP contribution in [-0.4, -0.2) is 31.3 Å². The Labute approximate surface area is 129 Å². The fraction of sp³-hybridized carbons (Fsp3) is 0.625. The molecule has 0 aliphatic carbocycles. The Morgan fingerprint density at radius 2 is 2.00 bits per heavy atom. The zero-order chi connectivity index (χ0) is 14.1. The van der Waals surface area contributed by atoms with E-state index in [-0.39, 0.29) is 0 Å². The van der Waals surface area contributed by atoms with E-state index in [1.807, 2.05) is 0 Å². The molecule has 3 rings (SSSR count). The van der Waals surface area contributed by atoms with Crippen LogP contribution in [-0.2, 0) is 11.3 Å². The minimum absolute atomic E-state index is 0.440. The smallest absolute Gasteiger partial charge is 0.0755 e. The predicted octanol–water partition coefficient (Wildman–Crippen LogP) is 3.31. The lowest BCUT2D eigenvalue weighted by molar-refractivity contribution is 0.0305. The lowest BCUT2D eigenvalue weighted by Gasteiger charge is -2.34. The molecule has 2 aliphatic heterocycles. The summed E-state index contributed by atoms with van der Waals surface area (Å²) in [6.07, 6.45) is 3.32. The highest BCUT2D eigenvalue weighted by molar-refractivity contribution is 9.10. The van der Waals surface area contributed by atoms with Gasteiger partial charge in [-0.3, -0.25) is 0 Å². The van der Waals surface area contributed by atoms with Crippen LogP contribution >= 0.6 is 15.9 Å². The summed E-state index contributed by atoms with van der Waals surface area (Å²) in [4.78, 5) is 2.47.